The van der Waals surface area contributed by atoms with Crippen molar-refractivity contribution in [1.29, 1.82) is 0 Å². The zero-order valence-corrected chi connectivity index (χ0v) is 10.7. The van der Waals surface area contributed by atoms with Crippen LogP contribution in [0.3, 0.4) is 0 Å². The molecule has 0 fully saturated rings. The standard InChI is InChI=1S/C13H17NO5/c1-2-18-13(17)11(15)8-12(16)14-19-9-10-6-4-3-5-7-10/h3-7,11,15H,2,8-9H2,1H3,(H,14,16)/t11-/m0/s1. The SMILES string of the molecule is CCOC(=O)[C@@H](O)CC(=O)NOCc1ccccc1. The molecular formula is C13H17NO5. The van der Waals surface area contributed by atoms with Gasteiger partial charge in [-0.05, 0) is 12.5 Å². The number of hydrogen-bond acceptors (Lipinski definition) is 5. The van der Waals surface area contributed by atoms with Crippen LogP contribution < -0.4 is 5.48 Å². The summed E-state index contributed by atoms with van der Waals surface area (Å²) in [5, 5.41) is 9.34. The van der Waals surface area contributed by atoms with Crippen molar-refractivity contribution in [3.8, 4) is 0 Å². The monoisotopic (exact) mass is 267 g/mol. The summed E-state index contributed by atoms with van der Waals surface area (Å²) in [4.78, 5) is 27.4. The Morgan fingerprint density at radius 2 is 2.00 bits per heavy atom. The van der Waals surface area contributed by atoms with Crippen LogP contribution in [0.2, 0.25) is 0 Å². The topological polar surface area (TPSA) is 84.9 Å². The lowest BCUT2D eigenvalue weighted by atomic mass is 10.2. The van der Waals surface area contributed by atoms with Crippen LogP contribution in [0.15, 0.2) is 30.3 Å². The van der Waals surface area contributed by atoms with Crippen molar-refractivity contribution in [3.63, 3.8) is 0 Å². The molecule has 1 rings (SSSR count). The van der Waals surface area contributed by atoms with Gasteiger partial charge in [-0.25, -0.2) is 10.3 Å². The van der Waals surface area contributed by atoms with Crippen LogP contribution in [0.1, 0.15) is 18.9 Å². The van der Waals surface area contributed by atoms with Gasteiger partial charge in [-0.15, -0.1) is 0 Å². The molecule has 0 saturated carbocycles. The van der Waals surface area contributed by atoms with Crippen LogP contribution in [0, 0.1) is 0 Å². The van der Waals surface area contributed by atoms with Gasteiger partial charge in [0.1, 0.15) is 0 Å². The number of rotatable bonds is 7. The number of benzene rings is 1. The normalized spacial score (nSPS) is 11.7. The number of carbonyl (C=O) groups excluding carboxylic acids is 2. The third-order valence-corrected chi connectivity index (χ3v) is 2.21. The van der Waals surface area contributed by atoms with E-state index in [9.17, 15) is 14.7 Å². The second-order valence-electron chi connectivity index (χ2n) is 3.77. The summed E-state index contributed by atoms with van der Waals surface area (Å²) < 4.78 is 4.57. The zero-order chi connectivity index (χ0) is 14.1. The first-order chi connectivity index (χ1) is 9.13. The molecule has 6 nitrogen and oxygen atoms in total. The van der Waals surface area contributed by atoms with Crippen LogP contribution in [0.25, 0.3) is 0 Å². The Hall–Kier alpha value is -1.92. The van der Waals surface area contributed by atoms with Crippen molar-refractivity contribution in [2.45, 2.75) is 26.1 Å². The Morgan fingerprint density at radius 1 is 1.32 bits per heavy atom. The largest absolute Gasteiger partial charge is 0.464 e. The molecule has 0 aliphatic heterocycles. The lowest BCUT2D eigenvalue weighted by molar-refractivity contribution is -0.156. The minimum Gasteiger partial charge on any atom is -0.464 e. The first kappa shape index (κ1) is 15.1. The molecule has 104 valence electrons. The highest BCUT2D eigenvalue weighted by Crippen LogP contribution is 2.00. The van der Waals surface area contributed by atoms with Crippen LogP contribution in [-0.4, -0.2) is 29.7 Å². The van der Waals surface area contributed by atoms with Crippen LogP contribution in [0.4, 0.5) is 0 Å². The van der Waals surface area contributed by atoms with E-state index in [0.717, 1.165) is 5.56 Å². The summed E-state index contributed by atoms with van der Waals surface area (Å²) in [6.45, 7) is 1.98. The Morgan fingerprint density at radius 3 is 2.63 bits per heavy atom. The molecule has 1 aromatic carbocycles. The Bertz CT molecular complexity index is 407. The van der Waals surface area contributed by atoms with E-state index in [0.29, 0.717) is 0 Å². The van der Waals surface area contributed by atoms with Gasteiger partial charge in [0.15, 0.2) is 6.10 Å². The predicted octanol–water partition coefficient (Wildman–Crippen LogP) is 0.548. The molecule has 0 aliphatic carbocycles. The molecule has 2 N–H and O–H groups in total. The van der Waals surface area contributed by atoms with Crippen molar-refractivity contribution in [1.82, 2.24) is 5.48 Å². The highest BCUT2D eigenvalue weighted by atomic mass is 16.6. The van der Waals surface area contributed by atoms with E-state index < -0.39 is 24.4 Å². The van der Waals surface area contributed by atoms with E-state index in [1.807, 2.05) is 30.3 Å². The average Bonchev–Trinajstić information content (AvgIpc) is 2.40. The molecule has 19 heavy (non-hydrogen) atoms. The fourth-order valence-corrected chi connectivity index (χ4v) is 1.31. The Kier molecular flexibility index (Phi) is 6.56. The lowest BCUT2D eigenvalue weighted by Gasteiger charge is -2.10. The number of hydroxylamine groups is 1. The highest BCUT2D eigenvalue weighted by molar-refractivity contribution is 5.83. The molecular weight excluding hydrogens is 250 g/mol. The molecule has 0 unspecified atom stereocenters. The molecule has 1 atom stereocenters. The van der Waals surface area contributed by atoms with Gasteiger partial charge in [0.05, 0.1) is 19.6 Å². The van der Waals surface area contributed by atoms with Crippen molar-refractivity contribution in [2.24, 2.45) is 0 Å². The van der Waals surface area contributed by atoms with Crippen LogP contribution in [0.5, 0.6) is 0 Å². The summed E-state index contributed by atoms with van der Waals surface area (Å²) in [5.41, 5.74) is 3.05. The third-order valence-electron chi connectivity index (χ3n) is 2.21. The van der Waals surface area contributed by atoms with Gasteiger partial charge in [-0.3, -0.25) is 9.63 Å². The minimum absolute atomic E-state index is 0.155. The zero-order valence-electron chi connectivity index (χ0n) is 10.7. The van der Waals surface area contributed by atoms with Crippen molar-refractivity contribution < 1.29 is 24.3 Å². The van der Waals surface area contributed by atoms with E-state index in [4.69, 9.17) is 4.84 Å². The van der Waals surface area contributed by atoms with Gasteiger partial charge < -0.3 is 9.84 Å². The lowest BCUT2D eigenvalue weighted by Crippen LogP contribution is -2.32. The fourth-order valence-electron chi connectivity index (χ4n) is 1.31. The summed E-state index contributed by atoms with van der Waals surface area (Å²) in [6.07, 6.45) is -1.87. The summed E-state index contributed by atoms with van der Waals surface area (Å²) in [7, 11) is 0. The molecule has 0 saturated heterocycles. The molecule has 0 radical (unpaired) electrons. The minimum atomic E-state index is -1.47. The van der Waals surface area contributed by atoms with E-state index in [1.54, 1.807) is 6.92 Å². The quantitative estimate of drug-likeness (QED) is 0.556. The second-order valence-corrected chi connectivity index (χ2v) is 3.77. The molecule has 0 aromatic heterocycles. The van der Waals surface area contributed by atoms with E-state index in [-0.39, 0.29) is 13.2 Å². The first-order valence-corrected chi connectivity index (χ1v) is 5.92. The van der Waals surface area contributed by atoms with Gasteiger partial charge in [-0.1, -0.05) is 30.3 Å². The van der Waals surface area contributed by atoms with E-state index >= 15 is 0 Å². The number of carbonyl (C=O) groups is 2. The maximum Gasteiger partial charge on any atom is 0.335 e. The molecule has 6 heteroatoms. The van der Waals surface area contributed by atoms with Crippen LogP contribution in [-0.2, 0) is 25.8 Å². The number of hydrogen-bond donors (Lipinski definition) is 2. The van der Waals surface area contributed by atoms with Gasteiger partial charge in [0, 0.05) is 0 Å². The molecule has 0 heterocycles. The summed E-state index contributed by atoms with van der Waals surface area (Å²) in [6, 6.07) is 9.27. The number of amides is 1. The molecule has 0 aliphatic rings. The maximum absolute atomic E-state index is 11.3. The third kappa shape index (κ3) is 5.98. The molecule has 1 amide bonds. The fraction of sp³-hybridized carbons (Fsp3) is 0.385. The van der Waals surface area contributed by atoms with Crippen LogP contribution >= 0.6 is 0 Å². The van der Waals surface area contributed by atoms with E-state index in [1.165, 1.54) is 0 Å². The average molecular weight is 267 g/mol. The molecule has 1 aromatic rings. The number of nitrogens with one attached hydrogen (secondary N) is 1. The van der Waals surface area contributed by atoms with E-state index in [2.05, 4.69) is 10.2 Å². The second kappa shape index (κ2) is 8.23. The van der Waals surface area contributed by atoms with Gasteiger partial charge in [0.2, 0.25) is 5.91 Å². The number of ether oxygens (including phenoxy) is 1. The highest BCUT2D eigenvalue weighted by Gasteiger charge is 2.19. The summed E-state index contributed by atoms with van der Waals surface area (Å²) in [5.74, 6) is -1.41. The van der Waals surface area contributed by atoms with Gasteiger partial charge >= 0.3 is 5.97 Å². The van der Waals surface area contributed by atoms with Crippen molar-refractivity contribution in [2.75, 3.05) is 6.61 Å². The number of aliphatic hydroxyl groups excluding tert-OH is 1. The predicted molar refractivity (Wildman–Crippen MR) is 66.6 cm³/mol. The summed E-state index contributed by atoms with van der Waals surface area (Å²) >= 11 is 0. The van der Waals surface area contributed by atoms with Crippen molar-refractivity contribution in [3.05, 3.63) is 35.9 Å². The van der Waals surface area contributed by atoms with Gasteiger partial charge in [0.25, 0.3) is 0 Å². The number of aliphatic hydroxyl groups is 1. The Balaban J connectivity index is 2.23. The first-order valence-electron chi connectivity index (χ1n) is 5.92. The Labute approximate surface area is 111 Å². The molecule has 0 spiro atoms. The number of esters is 1. The molecule has 0 bridgehead atoms. The maximum atomic E-state index is 11.3. The van der Waals surface area contributed by atoms with Crippen molar-refractivity contribution >= 4 is 11.9 Å². The smallest absolute Gasteiger partial charge is 0.335 e. The van der Waals surface area contributed by atoms with Gasteiger partial charge in [-0.2, -0.15) is 0 Å².